The smallest absolute Gasteiger partial charge is 0.223 e. The molecule has 0 aliphatic rings. The van der Waals surface area contributed by atoms with Gasteiger partial charge in [0, 0.05) is 33.7 Å². The highest BCUT2D eigenvalue weighted by atomic mass is 32.2. The van der Waals surface area contributed by atoms with Crippen molar-refractivity contribution in [3.8, 4) is 0 Å². The normalized spacial score (nSPS) is 13.2. The number of nitrogens with one attached hydrogen (secondary N) is 2. The van der Waals surface area contributed by atoms with Crippen LogP contribution in [0.5, 0.6) is 0 Å². The minimum Gasteiger partial charge on any atom is -0.755 e. The zero-order valence-electron chi connectivity index (χ0n) is 15.2. The first-order valence-corrected chi connectivity index (χ1v) is 10.3. The topological polar surface area (TPSA) is 103 Å². The van der Waals surface area contributed by atoms with Gasteiger partial charge in [-0.15, -0.1) is 11.3 Å². The summed E-state index contributed by atoms with van der Waals surface area (Å²) in [5.41, 5.74) is 4.31. The van der Waals surface area contributed by atoms with E-state index in [0.717, 1.165) is 27.7 Å². The summed E-state index contributed by atoms with van der Waals surface area (Å²) in [7, 11) is 0. The number of rotatable bonds is 7. The van der Waals surface area contributed by atoms with Crippen LogP contribution in [0.15, 0.2) is 35.7 Å². The molecule has 2 atom stereocenters. The molecule has 1 aromatic carbocycles. The molecule has 3 aromatic rings. The SMILES string of the molecule is Cc1cc(C)nc(N[C@@H](Cc2ccc(NS(=O)[O-])cc2)c2csc(C)n2)n1. The molecular weight excluding hydrogens is 382 g/mol. The van der Waals surface area contributed by atoms with Crippen LogP contribution in [0, 0.1) is 20.8 Å². The molecule has 7 nitrogen and oxygen atoms in total. The van der Waals surface area contributed by atoms with Gasteiger partial charge in [-0.2, -0.15) is 0 Å². The van der Waals surface area contributed by atoms with Crippen molar-refractivity contribution in [1.29, 1.82) is 0 Å². The molecule has 0 amide bonds. The number of hydrogen-bond acceptors (Lipinski definition) is 7. The molecule has 1 unspecified atom stereocenters. The average molecular weight is 403 g/mol. The number of hydrogen-bond donors (Lipinski definition) is 2. The lowest BCUT2D eigenvalue weighted by Gasteiger charge is -2.18. The van der Waals surface area contributed by atoms with E-state index in [1.165, 1.54) is 0 Å². The first kappa shape index (κ1) is 19.4. The molecule has 2 N–H and O–H groups in total. The summed E-state index contributed by atoms with van der Waals surface area (Å²) >= 11 is -0.730. The van der Waals surface area contributed by atoms with Crippen LogP contribution in [0.4, 0.5) is 11.6 Å². The van der Waals surface area contributed by atoms with Crippen LogP contribution in [0.2, 0.25) is 0 Å². The molecule has 142 valence electrons. The van der Waals surface area contributed by atoms with E-state index in [1.807, 2.05) is 44.4 Å². The van der Waals surface area contributed by atoms with E-state index in [2.05, 4.69) is 25.0 Å². The maximum Gasteiger partial charge on any atom is 0.223 e. The van der Waals surface area contributed by atoms with E-state index in [-0.39, 0.29) is 6.04 Å². The second-order valence-corrected chi connectivity index (χ2v) is 7.94. The zero-order valence-corrected chi connectivity index (χ0v) is 16.9. The van der Waals surface area contributed by atoms with E-state index in [0.29, 0.717) is 18.1 Å². The maximum atomic E-state index is 10.7. The van der Waals surface area contributed by atoms with Crippen molar-refractivity contribution < 1.29 is 8.76 Å². The number of benzene rings is 1. The second kappa shape index (κ2) is 8.55. The van der Waals surface area contributed by atoms with Gasteiger partial charge in [-0.25, -0.2) is 15.0 Å². The van der Waals surface area contributed by atoms with Crippen molar-refractivity contribution in [2.45, 2.75) is 33.2 Å². The number of aryl methyl sites for hydroxylation is 3. The van der Waals surface area contributed by atoms with Gasteiger partial charge in [0.25, 0.3) is 0 Å². The standard InChI is InChI=1S/C18H21N5O2S2/c1-11-8-12(2)20-18(19-11)22-16(17-10-26-13(3)21-17)9-14-4-6-15(7-5-14)23-27(24)25/h4-8,10,16,23H,9H2,1-3H3,(H,24,25)(H,19,20,22)/p-1/t16-/m0/s1. The summed E-state index contributed by atoms with van der Waals surface area (Å²) < 4.78 is 23.8. The van der Waals surface area contributed by atoms with Crippen LogP contribution in [0.3, 0.4) is 0 Å². The van der Waals surface area contributed by atoms with Crippen LogP contribution in [-0.2, 0) is 17.7 Å². The van der Waals surface area contributed by atoms with Crippen molar-refractivity contribution in [2.75, 3.05) is 10.0 Å². The number of aromatic nitrogens is 3. The molecule has 3 rings (SSSR count). The molecule has 0 spiro atoms. The third-order valence-corrected chi connectivity index (χ3v) is 5.07. The Balaban J connectivity index is 1.83. The quantitative estimate of drug-likeness (QED) is 0.587. The Morgan fingerprint density at radius 1 is 1.11 bits per heavy atom. The second-order valence-electron chi connectivity index (χ2n) is 6.20. The summed E-state index contributed by atoms with van der Waals surface area (Å²) in [6, 6.07) is 9.10. The molecule has 2 aromatic heterocycles. The number of anilines is 2. The van der Waals surface area contributed by atoms with Crippen LogP contribution in [0.1, 0.15) is 33.7 Å². The van der Waals surface area contributed by atoms with Crippen molar-refractivity contribution in [1.82, 2.24) is 15.0 Å². The Hall–Kier alpha value is -2.36. The van der Waals surface area contributed by atoms with Gasteiger partial charge in [0.2, 0.25) is 5.95 Å². The number of thiazole rings is 1. The van der Waals surface area contributed by atoms with Crippen molar-refractivity contribution in [3.63, 3.8) is 0 Å². The van der Waals surface area contributed by atoms with Gasteiger partial charge in [-0.1, -0.05) is 12.1 Å². The van der Waals surface area contributed by atoms with E-state index < -0.39 is 11.3 Å². The van der Waals surface area contributed by atoms with Gasteiger partial charge in [-0.05, 0) is 51.0 Å². The minimum atomic E-state index is -2.33. The maximum absolute atomic E-state index is 10.7. The molecule has 0 fully saturated rings. The van der Waals surface area contributed by atoms with E-state index >= 15 is 0 Å². The van der Waals surface area contributed by atoms with Crippen molar-refractivity contribution in [3.05, 3.63) is 63.4 Å². The molecule has 0 radical (unpaired) electrons. The molecule has 0 saturated carbocycles. The lowest BCUT2D eigenvalue weighted by atomic mass is 10.0. The van der Waals surface area contributed by atoms with Crippen molar-refractivity contribution in [2.24, 2.45) is 0 Å². The van der Waals surface area contributed by atoms with Crippen molar-refractivity contribution >= 4 is 34.2 Å². The fraction of sp³-hybridized carbons (Fsp3) is 0.278. The Kier molecular flexibility index (Phi) is 6.15. The molecule has 27 heavy (non-hydrogen) atoms. The predicted molar refractivity (Wildman–Crippen MR) is 107 cm³/mol. The van der Waals surface area contributed by atoms with Gasteiger partial charge in [0.05, 0.1) is 16.7 Å². The van der Waals surface area contributed by atoms with Gasteiger partial charge in [0.1, 0.15) is 0 Å². The largest absolute Gasteiger partial charge is 0.755 e. The third-order valence-electron chi connectivity index (χ3n) is 3.87. The Morgan fingerprint density at radius 2 is 1.78 bits per heavy atom. The fourth-order valence-corrected chi connectivity index (χ4v) is 3.75. The molecule has 0 saturated heterocycles. The highest BCUT2D eigenvalue weighted by molar-refractivity contribution is 7.80. The summed E-state index contributed by atoms with van der Waals surface area (Å²) in [5.74, 6) is 0.572. The van der Waals surface area contributed by atoms with E-state index in [1.54, 1.807) is 23.5 Å². The van der Waals surface area contributed by atoms with Gasteiger partial charge in [0.15, 0.2) is 0 Å². The molecule has 9 heteroatoms. The highest BCUT2D eigenvalue weighted by Crippen LogP contribution is 2.24. The Labute approximate surface area is 164 Å². The molecule has 0 bridgehead atoms. The Bertz CT molecular complexity index is 923. The monoisotopic (exact) mass is 402 g/mol. The van der Waals surface area contributed by atoms with Gasteiger partial charge >= 0.3 is 0 Å². The van der Waals surface area contributed by atoms with Crippen LogP contribution >= 0.6 is 11.3 Å². The molecule has 0 aliphatic heterocycles. The predicted octanol–water partition coefficient (Wildman–Crippen LogP) is 3.46. The van der Waals surface area contributed by atoms with Crippen LogP contribution in [0.25, 0.3) is 0 Å². The fourth-order valence-electron chi connectivity index (χ4n) is 2.76. The summed E-state index contributed by atoms with van der Waals surface area (Å²) in [4.78, 5) is 13.6. The van der Waals surface area contributed by atoms with Crippen LogP contribution in [-0.4, -0.2) is 23.7 Å². The zero-order chi connectivity index (χ0) is 19.4. The Morgan fingerprint density at radius 3 is 2.33 bits per heavy atom. The lowest BCUT2D eigenvalue weighted by molar-refractivity contribution is 0.542. The van der Waals surface area contributed by atoms with Crippen LogP contribution < -0.4 is 10.0 Å². The first-order valence-electron chi connectivity index (χ1n) is 8.35. The van der Waals surface area contributed by atoms with Gasteiger partial charge in [-0.3, -0.25) is 4.21 Å². The first-order chi connectivity index (χ1) is 12.9. The van der Waals surface area contributed by atoms with E-state index in [9.17, 15) is 8.76 Å². The summed E-state index contributed by atoms with van der Waals surface area (Å²) in [5, 5.41) is 6.42. The highest BCUT2D eigenvalue weighted by Gasteiger charge is 2.17. The number of nitrogens with zero attached hydrogens (tertiary/aromatic N) is 3. The molecule has 2 heterocycles. The summed E-state index contributed by atoms with van der Waals surface area (Å²) in [6.07, 6.45) is 0.667. The molecular formula is C18H20N5O2S2-. The summed E-state index contributed by atoms with van der Waals surface area (Å²) in [6.45, 7) is 5.85. The molecule has 0 aliphatic carbocycles. The average Bonchev–Trinajstić information content (AvgIpc) is 3.01. The van der Waals surface area contributed by atoms with Gasteiger partial charge < -0.3 is 14.6 Å². The minimum absolute atomic E-state index is 0.0939. The lowest BCUT2D eigenvalue weighted by Crippen LogP contribution is -2.16. The van der Waals surface area contributed by atoms with E-state index in [4.69, 9.17) is 0 Å². The third kappa shape index (κ3) is 5.56.